The zero-order valence-corrected chi connectivity index (χ0v) is 13.9. The van der Waals surface area contributed by atoms with Gasteiger partial charge in [0.05, 0.1) is 13.0 Å². The molecule has 1 aliphatic heterocycles. The Bertz CT molecular complexity index is 373. The Morgan fingerprint density at radius 3 is 2.48 bits per heavy atom. The number of fused-ring (bicyclic) bond motifs is 2. The lowest BCUT2D eigenvalue weighted by Gasteiger charge is -2.42. The number of rotatable bonds is 3. The maximum absolute atomic E-state index is 12.4. The maximum atomic E-state index is 12.4. The third-order valence-electron chi connectivity index (χ3n) is 6.78. The Morgan fingerprint density at radius 2 is 1.86 bits per heavy atom. The average Bonchev–Trinajstić information content (AvgIpc) is 2.81. The van der Waals surface area contributed by atoms with Gasteiger partial charge in [0.15, 0.2) is 0 Å². The quantitative estimate of drug-likeness (QED) is 0.748. The molecule has 1 saturated heterocycles. The topological polar surface area (TPSA) is 29.5 Å². The summed E-state index contributed by atoms with van der Waals surface area (Å²) in [7, 11) is 3.80. The van der Waals surface area contributed by atoms with Gasteiger partial charge in [0.2, 0.25) is 0 Å². The van der Waals surface area contributed by atoms with Crippen LogP contribution in [0.4, 0.5) is 0 Å². The first-order valence-corrected chi connectivity index (χ1v) is 8.92. The van der Waals surface area contributed by atoms with Crippen molar-refractivity contribution >= 4 is 5.97 Å². The van der Waals surface area contributed by atoms with E-state index in [2.05, 4.69) is 18.9 Å². The van der Waals surface area contributed by atoms with Crippen molar-refractivity contribution in [3.63, 3.8) is 0 Å². The fourth-order valence-electron chi connectivity index (χ4n) is 5.48. The lowest BCUT2D eigenvalue weighted by molar-refractivity contribution is -0.152. The van der Waals surface area contributed by atoms with Gasteiger partial charge < -0.3 is 9.64 Å². The molecule has 0 aromatic carbocycles. The summed E-state index contributed by atoms with van der Waals surface area (Å²) in [6, 6.07) is 0.713. The summed E-state index contributed by atoms with van der Waals surface area (Å²) >= 11 is 0. The predicted octanol–water partition coefficient (Wildman–Crippen LogP) is 3.33. The highest BCUT2D eigenvalue weighted by Gasteiger charge is 2.50. The molecule has 3 fully saturated rings. The van der Waals surface area contributed by atoms with Crippen molar-refractivity contribution in [3.05, 3.63) is 0 Å². The molecular weight excluding hydrogens is 262 g/mol. The molecule has 3 rings (SSSR count). The van der Waals surface area contributed by atoms with Crippen LogP contribution in [0, 0.1) is 29.6 Å². The molecule has 3 unspecified atom stereocenters. The third kappa shape index (κ3) is 2.86. The summed E-state index contributed by atoms with van der Waals surface area (Å²) in [5, 5.41) is 0. The van der Waals surface area contributed by atoms with Gasteiger partial charge in [-0.25, -0.2) is 0 Å². The SMILES string of the molecule is CCC1CCC(C2C[C@H]3CC(CN3C)C2C(=O)OC)CC1. The molecule has 1 heterocycles. The van der Waals surface area contributed by atoms with Crippen molar-refractivity contribution in [2.45, 2.75) is 57.9 Å². The van der Waals surface area contributed by atoms with Gasteiger partial charge in [-0.2, -0.15) is 0 Å². The second kappa shape index (κ2) is 6.28. The van der Waals surface area contributed by atoms with E-state index in [9.17, 15) is 4.79 Å². The monoisotopic (exact) mass is 293 g/mol. The molecule has 21 heavy (non-hydrogen) atoms. The first-order valence-electron chi connectivity index (χ1n) is 8.92. The minimum atomic E-state index is 0.0661. The first-order chi connectivity index (χ1) is 10.1. The average molecular weight is 293 g/mol. The van der Waals surface area contributed by atoms with Crippen molar-refractivity contribution in [3.8, 4) is 0 Å². The number of hydrogen-bond acceptors (Lipinski definition) is 3. The molecule has 0 aromatic rings. The van der Waals surface area contributed by atoms with Gasteiger partial charge in [0.25, 0.3) is 0 Å². The van der Waals surface area contributed by atoms with Gasteiger partial charge >= 0.3 is 5.97 Å². The zero-order chi connectivity index (χ0) is 15.0. The van der Waals surface area contributed by atoms with E-state index < -0.39 is 0 Å². The summed E-state index contributed by atoms with van der Waals surface area (Å²) in [4.78, 5) is 14.9. The number of esters is 1. The van der Waals surface area contributed by atoms with Crippen LogP contribution in [0.5, 0.6) is 0 Å². The molecule has 4 atom stereocenters. The molecule has 0 amide bonds. The standard InChI is InChI=1S/C18H31NO2/c1-4-12-5-7-13(8-6-12)16-10-15-9-14(11-19(15)2)17(16)18(20)21-3/h12-17H,4-11H2,1-3H3/t12?,13?,14?,15-,16?,17?/m1/s1. The highest BCUT2D eigenvalue weighted by Crippen LogP contribution is 2.49. The molecule has 0 radical (unpaired) electrons. The van der Waals surface area contributed by atoms with Crippen LogP contribution in [0.25, 0.3) is 0 Å². The number of carbonyl (C=O) groups is 1. The summed E-state index contributed by atoms with van der Waals surface area (Å²) in [6.45, 7) is 3.41. The van der Waals surface area contributed by atoms with Crippen molar-refractivity contribution in [2.75, 3.05) is 20.7 Å². The van der Waals surface area contributed by atoms with Crippen molar-refractivity contribution in [1.29, 1.82) is 0 Å². The Hall–Kier alpha value is -0.570. The molecule has 3 nitrogen and oxygen atoms in total. The first kappa shape index (κ1) is 15.3. The predicted molar refractivity (Wildman–Crippen MR) is 83.9 cm³/mol. The van der Waals surface area contributed by atoms with Crippen LogP contribution in [-0.2, 0) is 9.53 Å². The Kier molecular flexibility index (Phi) is 4.58. The Labute approximate surface area is 129 Å². The minimum Gasteiger partial charge on any atom is -0.469 e. The van der Waals surface area contributed by atoms with E-state index in [1.807, 2.05) is 0 Å². The fourth-order valence-corrected chi connectivity index (χ4v) is 5.48. The second-order valence-corrected chi connectivity index (χ2v) is 7.73. The van der Waals surface area contributed by atoms with Crippen molar-refractivity contribution in [2.24, 2.45) is 29.6 Å². The van der Waals surface area contributed by atoms with Crippen LogP contribution in [-0.4, -0.2) is 37.6 Å². The number of nitrogens with zero attached hydrogens (tertiary/aromatic N) is 1. The second-order valence-electron chi connectivity index (χ2n) is 7.73. The number of ether oxygens (including phenoxy) is 1. The van der Waals surface area contributed by atoms with E-state index in [0.717, 1.165) is 18.4 Å². The van der Waals surface area contributed by atoms with Crippen LogP contribution < -0.4 is 0 Å². The molecule has 2 saturated carbocycles. The molecule has 2 bridgehead atoms. The number of methoxy groups -OCH3 is 1. The zero-order valence-electron chi connectivity index (χ0n) is 13.9. The summed E-state index contributed by atoms with van der Waals surface area (Å²) in [5.74, 6) is 3.03. The molecular formula is C18H31NO2. The van der Waals surface area contributed by atoms with Gasteiger partial charge in [0, 0.05) is 12.6 Å². The maximum Gasteiger partial charge on any atom is 0.309 e. The van der Waals surface area contributed by atoms with E-state index in [4.69, 9.17) is 4.74 Å². The molecule has 120 valence electrons. The van der Waals surface area contributed by atoms with Crippen molar-refractivity contribution in [1.82, 2.24) is 4.90 Å². The van der Waals surface area contributed by atoms with E-state index >= 15 is 0 Å². The summed E-state index contributed by atoms with van der Waals surface area (Å²) in [6.07, 6.45) is 9.16. The van der Waals surface area contributed by atoms with Gasteiger partial charge in [-0.3, -0.25) is 4.79 Å². The molecule has 2 aliphatic carbocycles. The molecule has 0 N–H and O–H groups in total. The molecule has 3 aliphatic rings. The van der Waals surface area contributed by atoms with Crippen LogP contribution in [0.15, 0.2) is 0 Å². The smallest absolute Gasteiger partial charge is 0.309 e. The number of carbonyl (C=O) groups excluding carboxylic acids is 1. The molecule has 3 heteroatoms. The highest BCUT2D eigenvalue weighted by atomic mass is 16.5. The van der Waals surface area contributed by atoms with E-state index in [1.54, 1.807) is 7.11 Å². The lowest BCUT2D eigenvalue weighted by Crippen LogP contribution is -2.41. The summed E-state index contributed by atoms with van der Waals surface area (Å²) in [5.41, 5.74) is 0. The van der Waals surface area contributed by atoms with Crippen LogP contribution >= 0.6 is 0 Å². The molecule has 0 spiro atoms. The van der Waals surface area contributed by atoms with Crippen LogP contribution in [0.3, 0.4) is 0 Å². The van der Waals surface area contributed by atoms with Gasteiger partial charge in [0.1, 0.15) is 0 Å². The van der Waals surface area contributed by atoms with E-state index in [1.165, 1.54) is 44.9 Å². The van der Waals surface area contributed by atoms with E-state index in [-0.39, 0.29) is 11.9 Å². The van der Waals surface area contributed by atoms with Crippen LogP contribution in [0.2, 0.25) is 0 Å². The fraction of sp³-hybridized carbons (Fsp3) is 0.944. The van der Waals surface area contributed by atoms with Gasteiger partial charge in [-0.05, 0) is 56.4 Å². The summed E-state index contributed by atoms with van der Waals surface area (Å²) < 4.78 is 5.18. The van der Waals surface area contributed by atoms with Crippen molar-refractivity contribution < 1.29 is 9.53 Å². The van der Waals surface area contributed by atoms with Gasteiger partial charge in [-0.1, -0.05) is 26.2 Å². The molecule has 0 aromatic heterocycles. The third-order valence-corrected chi connectivity index (χ3v) is 6.78. The Balaban J connectivity index is 1.74. The Morgan fingerprint density at radius 1 is 1.14 bits per heavy atom. The van der Waals surface area contributed by atoms with E-state index in [0.29, 0.717) is 17.9 Å². The lowest BCUT2D eigenvalue weighted by atomic mass is 9.63. The number of hydrogen-bond donors (Lipinski definition) is 0. The normalized spacial score (nSPS) is 43.8. The number of likely N-dealkylation sites (tertiary alicyclic amines) is 1. The van der Waals surface area contributed by atoms with Gasteiger partial charge in [-0.15, -0.1) is 0 Å². The highest BCUT2D eigenvalue weighted by molar-refractivity contribution is 5.73. The largest absolute Gasteiger partial charge is 0.469 e. The van der Waals surface area contributed by atoms with Crippen LogP contribution in [0.1, 0.15) is 51.9 Å². The minimum absolute atomic E-state index is 0.0661.